The van der Waals surface area contributed by atoms with Gasteiger partial charge in [-0.25, -0.2) is 4.98 Å². The van der Waals surface area contributed by atoms with E-state index in [1.54, 1.807) is 37.3 Å². The standard InChI is InChI=1S/C22H17Cl3F2N2OS/c1-12-6-7-15(13(2)8-12)22(26,27)11-29-21(30)14-9-19(24)28-10-18(14)31-17-5-3-4-16(23)20(17)25/h3-10H,11H2,1-2H3,(H,29,30). The normalized spacial score (nSPS) is 11.5. The average molecular weight is 502 g/mol. The van der Waals surface area contributed by atoms with Crippen molar-refractivity contribution in [2.24, 2.45) is 0 Å². The Morgan fingerprint density at radius 1 is 1.10 bits per heavy atom. The number of nitrogens with zero attached hydrogens (tertiary/aromatic N) is 1. The van der Waals surface area contributed by atoms with Crippen LogP contribution in [0.3, 0.4) is 0 Å². The molecular formula is C22H17Cl3F2N2OS. The molecule has 1 aromatic heterocycles. The van der Waals surface area contributed by atoms with Crippen molar-refractivity contribution in [1.82, 2.24) is 10.3 Å². The van der Waals surface area contributed by atoms with Crippen molar-refractivity contribution in [2.45, 2.75) is 29.6 Å². The van der Waals surface area contributed by atoms with E-state index in [0.29, 0.717) is 25.4 Å². The Morgan fingerprint density at radius 3 is 2.55 bits per heavy atom. The van der Waals surface area contributed by atoms with Crippen molar-refractivity contribution < 1.29 is 13.6 Å². The highest BCUT2D eigenvalue weighted by molar-refractivity contribution is 7.99. The molecule has 3 nitrogen and oxygen atoms in total. The monoisotopic (exact) mass is 500 g/mol. The van der Waals surface area contributed by atoms with Gasteiger partial charge in [0.25, 0.3) is 11.8 Å². The number of hydrogen-bond donors (Lipinski definition) is 1. The summed E-state index contributed by atoms with van der Waals surface area (Å²) in [6.45, 7) is 2.58. The number of rotatable bonds is 6. The molecule has 0 spiro atoms. The quantitative estimate of drug-likeness (QED) is 0.360. The summed E-state index contributed by atoms with van der Waals surface area (Å²) in [5.74, 6) is -3.94. The van der Waals surface area contributed by atoms with E-state index in [2.05, 4.69) is 10.3 Å². The molecule has 9 heteroatoms. The lowest BCUT2D eigenvalue weighted by Crippen LogP contribution is -2.35. The summed E-state index contributed by atoms with van der Waals surface area (Å²) in [5, 5.41) is 3.04. The Balaban J connectivity index is 1.83. The predicted octanol–water partition coefficient (Wildman–Crippen LogP) is 7.33. The SMILES string of the molecule is Cc1ccc(C(F)(F)CNC(=O)c2cc(Cl)ncc2Sc2cccc(Cl)c2Cl)c(C)c1. The highest BCUT2D eigenvalue weighted by Gasteiger charge is 2.34. The number of amides is 1. The van der Waals surface area contributed by atoms with E-state index in [0.717, 1.165) is 17.3 Å². The van der Waals surface area contributed by atoms with Gasteiger partial charge in [0.05, 0.1) is 22.2 Å². The minimum absolute atomic E-state index is 0.0628. The highest BCUT2D eigenvalue weighted by Crippen LogP contribution is 2.38. The van der Waals surface area contributed by atoms with Crippen LogP contribution in [0.2, 0.25) is 15.2 Å². The van der Waals surface area contributed by atoms with Crippen molar-refractivity contribution >= 4 is 52.5 Å². The molecule has 3 aromatic rings. The molecule has 2 aromatic carbocycles. The van der Waals surface area contributed by atoms with Gasteiger partial charge in [0.2, 0.25) is 0 Å². The molecule has 0 bridgehead atoms. The maximum absolute atomic E-state index is 14.8. The number of hydrogen-bond acceptors (Lipinski definition) is 3. The predicted molar refractivity (Wildman–Crippen MR) is 122 cm³/mol. The van der Waals surface area contributed by atoms with Crippen LogP contribution < -0.4 is 5.32 Å². The van der Waals surface area contributed by atoms with Crippen LogP contribution in [0.4, 0.5) is 8.78 Å². The van der Waals surface area contributed by atoms with Crippen LogP contribution >= 0.6 is 46.6 Å². The maximum atomic E-state index is 14.8. The first-order valence-electron chi connectivity index (χ1n) is 9.09. The van der Waals surface area contributed by atoms with E-state index < -0.39 is 18.4 Å². The summed E-state index contributed by atoms with van der Waals surface area (Å²) in [6, 6.07) is 11.1. The third kappa shape index (κ3) is 5.69. The van der Waals surface area contributed by atoms with Crippen molar-refractivity contribution in [3.63, 3.8) is 0 Å². The molecule has 31 heavy (non-hydrogen) atoms. The van der Waals surface area contributed by atoms with Crippen molar-refractivity contribution in [2.75, 3.05) is 6.54 Å². The Bertz CT molecular complexity index is 1140. The zero-order valence-corrected chi connectivity index (χ0v) is 19.6. The molecule has 1 N–H and O–H groups in total. The number of alkyl halides is 2. The fraction of sp³-hybridized carbons (Fsp3) is 0.182. The summed E-state index contributed by atoms with van der Waals surface area (Å²) in [4.78, 5) is 17.8. The summed E-state index contributed by atoms with van der Waals surface area (Å²) in [6.07, 6.45) is 1.39. The summed E-state index contributed by atoms with van der Waals surface area (Å²) in [7, 11) is 0. The van der Waals surface area contributed by atoms with Crippen LogP contribution in [0.5, 0.6) is 0 Å². The zero-order chi connectivity index (χ0) is 22.8. The van der Waals surface area contributed by atoms with Crippen molar-refractivity contribution in [3.8, 4) is 0 Å². The largest absolute Gasteiger partial charge is 0.346 e. The molecule has 0 saturated carbocycles. The zero-order valence-electron chi connectivity index (χ0n) is 16.5. The van der Waals surface area contributed by atoms with E-state index in [4.69, 9.17) is 34.8 Å². The number of halogens is 5. The van der Waals surface area contributed by atoms with E-state index in [-0.39, 0.29) is 16.3 Å². The number of aromatic nitrogens is 1. The summed E-state index contributed by atoms with van der Waals surface area (Å²) >= 11 is 19.4. The number of pyridine rings is 1. The summed E-state index contributed by atoms with van der Waals surface area (Å²) in [5.41, 5.74) is 1.32. The number of carbonyl (C=O) groups excluding carboxylic acids is 1. The van der Waals surface area contributed by atoms with Crippen LogP contribution in [0.15, 0.2) is 58.5 Å². The Morgan fingerprint density at radius 2 is 1.84 bits per heavy atom. The van der Waals surface area contributed by atoms with E-state index in [1.165, 1.54) is 18.3 Å². The molecule has 0 fully saturated rings. The maximum Gasteiger partial charge on any atom is 0.290 e. The van der Waals surface area contributed by atoms with Crippen LogP contribution in [-0.2, 0) is 5.92 Å². The lowest BCUT2D eigenvalue weighted by Gasteiger charge is -2.20. The average Bonchev–Trinajstić information content (AvgIpc) is 2.70. The van der Waals surface area contributed by atoms with Gasteiger partial charge in [-0.1, -0.05) is 76.4 Å². The molecule has 1 amide bonds. The molecule has 162 valence electrons. The van der Waals surface area contributed by atoms with Gasteiger partial charge in [0.1, 0.15) is 5.15 Å². The number of nitrogens with one attached hydrogen (secondary N) is 1. The van der Waals surface area contributed by atoms with Gasteiger partial charge in [0.15, 0.2) is 0 Å². The van der Waals surface area contributed by atoms with Gasteiger partial charge >= 0.3 is 0 Å². The van der Waals surface area contributed by atoms with Gasteiger partial charge < -0.3 is 5.32 Å². The topological polar surface area (TPSA) is 42.0 Å². The molecule has 0 aliphatic rings. The minimum atomic E-state index is -3.24. The molecular weight excluding hydrogens is 485 g/mol. The first-order chi connectivity index (χ1) is 14.6. The Hall–Kier alpha value is -1.86. The minimum Gasteiger partial charge on any atom is -0.346 e. The molecule has 0 radical (unpaired) electrons. The smallest absolute Gasteiger partial charge is 0.290 e. The van der Waals surface area contributed by atoms with Gasteiger partial charge in [-0.05, 0) is 37.6 Å². The lowest BCUT2D eigenvalue weighted by atomic mass is 10.00. The molecule has 0 saturated heterocycles. The van der Waals surface area contributed by atoms with Crippen molar-refractivity contribution in [1.29, 1.82) is 0 Å². The summed E-state index contributed by atoms with van der Waals surface area (Å²) < 4.78 is 29.5. The fourth-order valence-electron chi connectivity index (χ4n) is 2.96. The van der Waals surface area contributed by atoms with Crippen LogP contribution in [0, 0.1) is 13.8 Å². The molecule has 1 heterocycles. The van der Waals surface area contributed by atoms with Gasteiger partial charge in [-0.3, -0.25) is 4.79 Å². The first-order valence-corrected chi connectivity index (χ1v) is 11.0. The third-order valence-electron chi connectivity index (χ3n) is 4.46. The highest BCUT2D eigenvalue weighted by atomic mass is 35.5. The second-order valence-electron chi connectivity index (χ2n) is 6.86. The molecule has 0 atom stereocenters. The van der Waals surface area contributed by atoms with Gasteiger partial charge in [-0.2, -0.15) is 8.78 Å². The van der Waals surface area contributed by atoms with E-state index in [1.807, 2.05) is 6.92 Å². The Labute approximate surface area is 198 Å². The third-order valence-corrected chi connectivity index (χ3v) is 6.70. The van der Waals surface area contributed by atoms with Gasteiger partial charge in [-0.15, -0.1) is 0 Å². The van der Waals surface area contributed by atoms with Crippen LogP contribution in [-0.4, -0.2) is 17.4 Å². The second-order valence-corrected chi connectivity index (χ2v) is 9.12. The van der Waals surface area contributed by atoms with Crippen molar-refractivity contribution in [3.05, 3.63) is 86.1 Å². The lowest BCUT2D eigenvalue weighted by molar-refractivity contribution is -0.00310. The number of aryl methyl sites for hydroxylation is 2. The van der Waals surface area contributed by atoms with E-state index in [9.17, 15) is 13.6 Å². The fourth-order valence-corrected chi connectivity index (χ4v) is 4.54. The molecule has 0 unspecified atom stereocenters. The second kappa shape index (κ2) is 9.74. The van der Waals surface area contributed by atoms with Crippen LogP contribution in [0.25, 0.3) is 0 Å². The number of carbonyl (C=O) groups is 1. The molecule has 0 aliphatic carbocycles. The molecule has 3 rings (SSSR count). The molecule has 0 aliphatic heterocycles. The van der Waals surface area contributed by atoms with Gasteiger partial charge in [0, 0.05) is 21.6 Å². The van der Waals surface area contributed by atoms with Crippen LogP contribution in [0.1, 0.15) is 27.0 Å². The first kappa shape index (κ1) is 23.8. The number of benzene rings is 2. The Kier molecular flexibility index (Phi) is 7.47. The van der Waals surface area contributed by atoms with E-state index >= 15 is 0 Å².